The van der Waals surface area contributed by atoms with Crippen LogP contribution in [0.1, 0.15) is 43.5 Å². The van der Waals surface area contributed by atoms with E-state index in [1.165, 1.54) is 24.8 Å². The van der Waals surface area contributed by atoms with Gasteiger partial charge < -0.3 is 4.98 Å². The fraction of sp³-hybridized carbons (Fsp3) is 0.375. The number of nitrogens with one attached hydrogen (secondary N) is 1. The molecule has 2 aromatic rings. The molecular formula is C16H18N2O. The van der Waals surface area contributed by atoms with Crippen LogP contribution >= 0.6 is 0 Å². The molecule has 1 saturated carbocycles. The standard InChI is InChI=1S/C16H18N2O/c1-2-15-17-14(10-16(19)18-15)13-8-4-7-12(9-13)11-5-3-6-11/h4,7-11H,2-3,5-6H2,1H3,(H,17,18,19). The van der Waals surface area contributed by atoms with Gasteiger partial charge in [-0.2, -0.15) is 0 Å². The van der Waals surface area contributed by atoms with Crippen LogP contribution in [0.2, 0.25) is 0 Å². The summed E-state index contributed by atoms with van der Waals surface area (Å²) in [6.45, 7) is 1.99. The minimum atomic E-state index is -0.0732. The smallest absolute Gasteiger partial charge is 0.251 e. The van der Waals surface area contributed by atoms with Crippen molar-refractivity contribution in [3.05, 3.63) is 52.1 Å². The molecule has 3 heteroatoms. The van der Waals surface area contributed by atoms with E-state index in [4.69, 9.17) is 0 Å². The van der Waals surface area contributed by atoms with Crippen molar-refractivity contribution in [1.82, 2.24) is 9.97 Å². The van der Waals surface area contributed by atoms with Crippen LogP contribution in [0.3, 0.4) is 0 Å². The van der Waals surface area contributed by atoms with Crippen molar-refractivity contribution in [3.8, 4) is 11.3 Å². The first kappa shape index (κ1) is 12.2. The van der Waals surface area contributed by atoms with Crippen molar-refractivity contribution >= 4 is 0 Å². The molecule has 1 aromatic carbocycles. The lowest BCUT2D eigenvalue weighted by Crippen LogP contribution is -2.11. The van der Waals surface area contributed by atoms with Crippen LogP contribution < -0.4 is 5.56 Å². The fourth-order valence-corrected chi connectivity index (χ4v) is 2.52. The largest absolute Gasteiger partial charge is 0.311 e. The molecule has 1 aliphatic carbocycles. The average Bonchev–Trinajstić information content (AvgIpc) is 2.36. The Balaban J connectivity index is 2.01. The van der Waals surface area contributed by atoms with Gasteiger partial charge >= 0.3 is 0 Å². The zero-order chi connectivity index (χ0) is 13.2. The van der Waals surface area contributed by atoms with Crippen molar-refractivity contribution in [2.75, 3.05) is 0 Å². The monoisotopic (exact) mass is 254 g/mol. The van der Waals surface area contributed by atoms with Crippen molar-refractivity contribution in [2.45, 2.75) is 38.5 Å². The van der Waals surface area contributed by atoms with Crippen molar-refractivity contribution in [3.63, 3.8) is 0 Å². The number of nitrogens with zero attached hydrogens (tertiary/aromatic N) is 1. The Morgan fingerprint density at radius 1 is 1.32 bits per heavy atom. The molecule has 3 nitrogen and oxygen atoms in total. The summed E-state index contributed by atoms with van der Waals surface area (Å²) in [6, 6.07) is 10.0. The molecule has 1 heterocycles. The van der Waals surface area contributed by atoms with Gasteiger partial charge in [0.05, 0.1) is 5.69 Å². The Morgan fingerprint density at radius 2 is 2.16 bits per heavy atom. The minimum Gasteiger partial charge on any atom is -0.311 e. The maximum atomic E-state index is 11.6. The Bertz CT molecular complexity index is 641. The molecule has 3 rings (SSSR count). The van der Waals surface area contributed by atoms with Crippen molar-refractivity contribution in [2.24, 2.45) is 0 Å². The highest BCUT2D eigenvalue weighted by Gasteiger charge is 2.19. The van der Waals surface area contributed by atoms with E-state index in [0.29, 0.717) is 5.92 Å². The summed E-state index contributed by atoms with van der Waals surface area (Å²) in [5.41, 5.74) is 3.13. The zero-order valence-corrected chi connectivity index (χ0v) is 11.1. The van der Waals surface area contributed by atoms with E-state index in [1.807, 2.05) is 13.0 Å². The fourth-order valence-electron chi connectivity index (χ4n) is 2.52. The molecule has 0 aliphatic heterocycles. The van der Waals surface area contributed by atoms with Crippen LogP contribution in [-0.2, 0) is 6.42 Å². The quantitative estimate of drug-likeness (QED) is 0.913. The molecule has 0 atom stereocenters. The molecule has 0 radical (unpaired) electrons. The summed E-state index contributed by atoms with van der Waals surface area (Å²) in [7, 11) is 0. The summed E-state index contributed by atoms with van der Waals surface area (Å²) in [4.78, 5) is 18.9. The number of aromatic amines is 1. The Morgan fingerprint density at radius 3 is 2.84 bits per heavy atom. The second-order valence-electron chi connectivity index (χ2n) is 5.18. The van der Waals surface area contributed by atoms with Gasteiger partial charge in [0.1, 0.15) is 5.82 Å². The Labute approximate surface area is 112 Å². The molecule has 0 bridgehead atoms. The summed E-state index contributed by atoms with van der Waals surface area (Å²) in [5.74, 6) is 1.45. The summed E-state index contributed by atoms with van der Waals surface area (Å²) < 4.78 is 0. The lowest BCUT2D eigenvalue weighted by molar-refractivity contribution is 0.420. The lowest BCUT2D eigenvalue weighted by atomic mass is 9.79. The molecule has 1 N–H and O–H groups in total. The normalized spacial score (nSPS) is 15.2. The first-order chi connectivity index (χ1) is 9.26. The third-order valence-corrected chi connectivity index (χ3v) is 3.88. The number of hydrogen-bond donors (Lipinski definition) is 1. The topological polar surface area (TPSA) is 45.8 Å². The molecule has 0 spiro atoms. The van der Waals surface area contributed by atoms with E-state index < -0.39 is 0 Å². The highest BCUT2D eigenvalue weighted by Crippen LogP contribution is 2.37. The third-order valence-electron chi connectivity index (χ3n) is 3.88. The molecule has 1 aliphatic rings. The van der Waals surface area contributed by atoms with Gasteiger partial charge in [-0.25, -0.2) is 4.98 Å². The van der Waals surface area contributed by atoms with Crippen molar-refractivity contribution in [1.29, 1.82) is 0 Å². The maximum Gasteiger partial charge on any atom is 0.251 e. The van der Waals surface area contributed by atoms with Crippen LogP contribution in [0.5, 0.6) is 0 Å². The van der Waals surface area contributed by atoms with E-state index in [0.717, 1.165) is 23.5 Å². The number of H-pyrrole nitrogens is 1. The van der Waals surface area contributed by atoms with Crippen LogP contribution in [0, 0.1) is 0 Å². The Hall–Kier alpha value is -1.90. The van der Waals surface area contributed by atoms with E-state index in [1.54, 1.807) is 6.07 Å². The summed E-state index contributed by atoms with van der Waals surface area (Å²) in [6.07, 6.45) is 4.64. The van der Waals surface area contributed by atoms with Gasteiger partial charge in [-0.15, -0.1) is 0 Å². The molecule has 0 amide bonds. The van der Waals surface area contributed by atoms with Gasteiger partial charge in [-0.05, 0) is 30.4 Å². The number of aryl methyl sites for hydroxylation is 1. The molecule has 98 valence electrons. The predicted octanol–water partition coefficient (Wildman–Crippen LogP) is 3.27. The number of rotatable bonds is 3. The maximum absolute atomic E-state index is 11.6. The number of aromatic nitrogens is 2. The summed E-state index contributed by atoms with van der Waals surface area (Å²) in [5, 5.41) is 0. The van der Waals surface area contributed by atoms with Gasteiger partial charge in [0.25, 0.3) is 5.56 Å². The molecule has 1 fully saturated rings. The lowest BCUT2D eigenvalue weighted by Gasteiger charge is -2.26. The van der Waals surface area contributed by atoms with E-state index >= 15 is 0 Å². The summed E-state index contributed by atoms with van der Waals surface area (Å²) >= 11 is 0. The first-order valence-electron chi connectivity index (χ1n) is 6.97. The van der Waals surface area contributed by atoms with E-state index in [2.05, 4.69) is 28.2 Å². The zero-order valence-electron chi connectivity index (χ0n) is 11.1. The number of benzene rings is 1. The van der Waals surface area contributed by atoms with Crippen LogP contribution in [0.4, 0.5) is 0 Å². The van der Waals surface area contributed by atoms with Crippen LogP contribution in [-0.4, -0.2) is 9.97 Å². The minimum absolute atomic E-state index is 0.0732. The van der Waals surface area contributed by atoms with Crippen LogP contribution in [0.15, 0.2) is 35.1 Å². The first-order valence-corrected chi connectivity index (χ1v) is 6.97. The van der Waals surface area contributed by atoms with Gasteiger partial charge in [-0.1, -0.05) is 31.5 Å². The molecule has 1 aromatic heterocycles. The molecule has 0 unspecified atom stereocenters. The second-order valence-corrected chi connectivity index (χ2v) is 5.18. The molecule has 19 heavy (non-hydrogen) atoms. The van der Waals surface area contributed by atoms with Crippen LogP contribution in [0.25, 0.3) is 11.3 Å². The van der Waals surface area contributed by atoms with Gasteiger partial charge in [-0.3, -0.25) is 4.79 Å². The Kier molecular flexibility index (Phi) is 3.20. The van der Waals surface area contributed by atoms with Gasteiger partial charge in [0.15, 0.2) is 0 Å². The highest BCUT2D eigenvalue weighted by molar-refractivity contribution is 5.60. The van der Waals surface area contributed by atoms with Gasteiger partial charge in [0, 0.05) is 18.1 Å². The van der Waals surface area contributed by atoms with Crippen molar-refractivity contribution < 1.29 is 0 Å². The average molecular weight is 254 g/mol. The SMILES string of the molecule is CCc1nc(-c2cccc(C3CCC3)c2)cc(=O)[nH]1. The highest BCUT2D eigenvalue weighted by atomic mass is 16.1. The molecular weight excluding hydrogens is 236 g/mol. The van der Waals surface area contributed by atoms with E-state index in [9.17, 15) is 4.79 Å². The predicted molar refractivity (Wildman–Crippen MR) is 76.3 cm³/mol. The number of hydrogen-bond acceptors (Lipinski definition) is 2. The third kappa shape index (κ3) is 2.46. The molecule has 0 saturated heterocycles. The van der Waals surface area contributed by atoms with E-state index in [-0.39, 0.29) is 5.56 Å². The second kappa shape index (κ2) is 5.00. The van der Waals surface area contributed by atoms with Gasteiger partial charge in [0.2, 0.25) is 0 Å².